The molecule has 0 saturated heterocycles. The van der Waals surface area contributed by atoms with Gasteiger partial charge >= 0.3 is 0 Å². The predicted octanol–water partition coefficient (Wildman–Crippen LogP) is 9.15. The van der Waals surface area contributed by atoms with Crippen molar-refractivity contribution in [2.45, 2.75) is 113 Å². The van der Waals surface area contributed by atoms with Crippen LogP contribution in [-0.4, -0.2) is 24.4 Å². The molecule has 0 fully saturated rings. The highest BCUT2D eigenvalue weighted by molar-refractivity contribution is 14.1. The molecule has 0 heterocycles. The highest BCUT2D eigenvalue weighted by Crippen LogP contribution is 2.29. The predicted molar refractivity (Wildman–Crippen MR) is 142 cm³/mol. The Hall–Kier alpha value is 0.650. The molecule has 0 N–H and O–H groups in total. The molecule has 0 aromatic heterocycles. The fraction of sp³-hybridized carbons (Fsp3) is 1.00. The van der Waals surface area contributed by atoms with Crippen molar-refractivity contribution in [3.8, 4) is 0 Å². The summed E-state index contributed by atoms with van der Waals surface area (Å²) in [6, 6.07) is 0. The molecule has 0 aliphatic rings. The van der Waals surface area contributed by atoms with Gasteiger partial charge in [-0.05, 0) is 104 Å². The van der Waals surface area contributed by atoms with E-state index in [0.29, 0.717) is 6.79 Å². The molecule has 182 valence electrons. The van der Waals surface area contributed by atoms with E-state index in [1.807, 2.05) is 0 Å². The number of ether oxygens (including phenoxy) is 2. The van der Waals surface area contributed by atoms with Gasteiger partial charge in [-0.3, -0.25) is 0 Å². The summed E-state index contributed by atoms with van der Waals surface area (Å²) in [6.45, 7) is 19.0. The highest BCUT2D eigenvalue weighted by atomic mass is 127. The molecular formula is C27H55IO2. The SMILES string of the molecule is CCCOCOCCCC(C)CC(C)CC(C)CC(C)CC(C)CC(C)CCCI. The molecule has 0 aliphatic heterocycles. The Morgan fingerprint density at radius 1 is 0.567 bits per heavy atom. The van der Waals surface area contributed by atoms with Crippen LogP contribution in [0.3, 0.4) is 0 Å². The van der Waals surface area contributed by atoms with E-state index in [1.165, 1.54) is 55.8 Å². The molecule has 30 heavy (non-hydrogen) atoms. The van der Waals surface area contributed by atoms with Crippen molar-refractivity contribution < 1.29 is 9.47 Å². The average Bonchev–Trinajstić information content (AvgIpc) is 2.64. The van der Waals surface area contributed by atoms with Gasteiger partial charge in [0.2, 0.25) is 0 Å². The molecule has 0 aromatic rings. The quantitative estimate of drug-likeness (QED) is 0.0628. The fourth-order valence-electron chi connectivity index (χ4n) is 5.34. The van der Waals surface area contributed by atoms with Crippen molar-refractivity contribution in [1.29, 1.82) is 0 Å². The third-order valence-electron chi connectivity index (χ3n) is 6.35. The molecule has 0 aromatic carbocycles. The van der Waals surface area contributed by atoms with E-state index >= 15 is 0 Å². The lowest BCUT2D eigenvalue weighted by atomic mass is 9.81. The van der Waals surface area contributed by atoms with Gasteiger partial charge in [-0.2, -0.15) is 0 Å². The lowest BCUT2D eigenvalue weighted by Gasteiger charge is -2.25. The Bertz CT molecular complexity index is 363. The lowest BCUT2D eigenvalue weighted by Crippen LogP contribution is -2.13. The summed E-state index contributed by atoms with van der Waals surface area (Å²) in [4.78, 5) is 0. The van der Waals surface area contributed by atoms with Gasteiger partial charge < -0.3 is 9.47 Å². The molecule has 0 saturated carbocycles. The van der Waals surface area contributed by atoms with Gasteiger partial charge in [-0.15, -0.1) is 0 Å². The summed E-state index contributed by atoms with van der Waals surface area (Å²) in [5, 5.41) is 0. The summed E-state index contributed by atoms with van der Waals surface area (Å²) in [5.74, 6) is 5.13. The van der Waals surface area contributed by atoms with Crippen molar-refractivity contribution in [2.24, 2.45) is 35.5 Å². The monoisotopic (exact) mass is 538 g/mol. The lowest BCUT2D eigenvalue weighted by molar-refractivity contribution is -0.0549. The van der Waals surface area contributed by atoms with Crippen molar-refractivity contribution in [3.63, 3.8) is 0 Å². The molecule has 0 bridgehead atoms. The van der Waals surface area contributed by atoms with Crippen LogP contribution >= 0.6 is 22.6 Å². The Kier molecular flexibility index (Phi) is 20.7. The molecule has 6 atom stereocenters. The smallest absolute Gasteiger partial charge is 0.146 e. The van der Waals surface area contributed by atoms with Crippen molar-refractivity contribution in [3.05, 3.63) is 0 Å². The first-order chi connectivity index (χ1) is 14.3. The average molecular weight is 539 g/mol. The normalized spacial score (nSPS) is 18.0. The van der Waals surface area contributed by atoms with Gasteiger partial charge in [-0.25, -0.2) is 0 Å². The largest absolute Gasteiger partial charge is 0.355 e. The van der Waals surface area contributed by atoms with E-state index < -0.39 is 0 Å². The van der Waals surface area contributed by atoms with E-state index in [9.17, 15) is 0 Å². The van der Waals surface area contributed by atoms with Gasteiger partial charge in [0.05, 0.1) is 0 Å². The summed E-state index contributed by atoms with van der Waals surface area (Å²) in [7, 11) is 0. The maximum Gasteiger partial charge on any atom is 0.146 e. The van der Waals surface area contributed by atoms with Crippen molar-refractivity contribution >= 4 is 22.6 Å². The maximum absolute atomic E-state index is 5.55. The van der Waals surface area contributed by atoms with E-state index in [1.54, 1.807) is 0 Å². The van der Waals surface area contributed by atoms with Crippen LogP contribution in [0.5, 0.6) is 0 Å². The fourth-order valence-corrected chi connectivity index (χ4v) is 5.78. The number of halogens is 1. The van der Waals surface area contributed by atoms with E-state index in [4.69, 9.17) is 9.47 Å². The molecular weight excluding hydrogens is 483 g/mol. The zero-order valence-electron chi connectivity index (χ0n) is 21.6. The molecule has 6 unspecified atom stereocenters. The minimum Gasteiger partial charge on any atom is -0.355 e. The third-order valence-corrected chi connectivity index (χ3v) is 7.12. The molecule has 3 heteroatoms. The van der Waals surface area contributed by atoms with Crippen LogP contribution in [-0.2, 0) is 9.47 Å². The second kappa shape index (κ2) is 20.3. The highest BCUT2D eigenvalue weighted by Gasteiger charge is 2.17. The van der Waals surface area contributed by atoms with Crippen LogP contribution in [0, 0.1) is 35.5 Å². The maximum atomic E-state index is 5.55. The van der Waals surface area contributed by atoms with Crippen molar-refractivity contribution in [1.82, 2.24) is 0 Å². The second-order valence-corrected chi connectivity index (χ2v) is 11.8. The standard InChI is InChI=1S/C27H55IO2/c1-8-14-29-21-30-15-10-12-23(3)17-25(5)19-27(7)20-26(6)18-24(4)16-22(2)11-9-13-28/h22-27H,8-21H2,1-7H3. The van der Waals surface area contributed by atoms with Crippen LogP contribution < -0.4 is 0 Å². The molecule has 0 aliphatic carbocycles. The molecule has 0 amide bonds. The zero-order chi connectivity index (χ0) is 22.8. The van der Waals surface area contributed by atoms with Gasteiger partial charge in [0.15, 0.2) is 0 Å². The summed E-state index contributed by atoms with van der Waals surface area (Å²) in [5.41, 5.74) is 0. The van der Waals surface area contributed by atoms with E-state index in [2.05, 4.69) is 71.1 Å². The van der Waals surface area contributed by atoms with Crippen LogP contribution in [0.15, 0.2) is 0 Å². The minimum atomic E-state index is 0.463. The first-order valence-corrected chi connectivity index (χ1v) is 14.5. The van der Waals surface area contributed by atoms with Gasteiger partial charge in [-0.1, -0.05) is 71.1 Å². The number of hydrogen-bond acceptors (Lipinski definition) is 2. The van der Waals surface area contributed by atoms with Crippen LogP contribution in [0.1, 0.15) is 113 Å². The summed E-state index contributed by atoms with van der Waals surface area (Å²) in [6.07, 6.45) is 13.3. The summed E-state index contributed by atoms with van der Waals surface area (Å²) >= 11 is 2.51. The first-order valence-electron chi connectivity index (χ1n) is 13.0. The zero-order valence-corrected chi connectivity index (χ0v) is 23.7. The Labute approximate surface area is 204 Å². The number of alkyl halides is 1. The van der Waals surface area contributed by atoms with Crippen LogP contribution in [0.4, 0.5) is 0 Å². The Balaban J connectivity index is 3.88. The van der Waals surface area contributed by atoms with Gasteiger partial charge in [0.25, 0.3) is 0 Å². The topological polar surface area (TPSA) is 18.5 Å². The first kappa shape index (κ1) is 30.6. The third kappa shape index (κ3) is 19.3. The minimum absolute atomic E-state index is 0.463. The number of rotatable bonds is 21. The molecule has 2 nitrogen and oxygen atoms in total. The van der Waals surface area contributed by atoms with Crippen LogP contribution in [0.25, 0.3) is 0 Å². The Morgan fingerprint density at radius 3 is 1.40 bits per heavy atom. The van der Waals surface area contributed by atoms with Crippen molar-refractivity contribution in [2.75, 3.05) is 24.4 Å². The second-order valence-electron chi connectivity index (χ2n) is 10.7. The Morgan fingerprint density at radius 2 is 0.967 bits per heavy atom. The molecule has 0 rings (SSSR count). The number of hydrogen-bond donors (Lipinski definition) is 0. The van der Waals surface area contributed by atoms with Gasteiger partial charge in [0, 0.05) is 13.2 Å². The van der Waals surface area contributed by atoms with Crippen LogP contribution in [0.2, 0.25) is 0 Å². The molecule has 0 spiro atoms. The van der Waals surface area contributed by atoms with E-state index in [0.717, 1.165) is 61.6 Å². The summed E-state index contributed by atoms with van der Waals surface area (Å²) < 4.78 is 12.2. The van der Waals surface area contributed by atoms with Gasteiger partial charge in [0.1, 0.15) is 6.79 Å². The van der Waals surface area contributed by atoms with E-state index in [-0.39, 0.29) is 0 Å². The molecule has 0 radical (unpaired) electrons.